The lowest BCUT2D eigenvalue weighted by Gasteiger charge is -2.28. The number of nitrogens with zero attached hydrogens (tertiary/aromatic N) is 1. The molecule has 0 radical (unpaired) electrons. The number of nitrogens with one attached hydrogen (secondary N) is 1. The smallest absolute Gasteiger partial charge is 0.312 e. The molecule has 3 nitrogen and oxygen atoms in total. The van der Waals surface area contributed by atoms with Gasteiger partial charge in [0.1, 0.15) is 0 Å². The lowest BCUT2D eigenvalue weighted by atomic mass is 9.90. The Labute approximate surface area is 96.9 Å². The van der Waals surface area contributed by atoms with Crippen LogP contribution in [0.1, 0.15) is 64.6 Å². The third-order valence-corrected chi connectivity index (χ3v) is 3.52. The van der Waals surface area contributed by atoms with E-state index in [2.05, 4.69) is 25.8 Å². The lowest BCUT2D eigenvalue weighted by Crippen LogP contribution is -2.29. The molecule has 1 saturated carbocycles. The van der Waals surface area contributed by atoms with Crippen LogP contribution in [0.5, 0.6) is 0 Å². The Kier molecular flexibility index (Phi) is 2.96. The molecule has 1 heterocycles. The highest BCUT2D eigenvalue weighted by molar-refractivity contribution is 5.12. The van der Waals surface area contributed by atoms with E-state index >= 15 is 0 Å². The standard InChI is InChI=1S/C13H22N2O/c1-13(2,3)11-9-14-12(16)15(11)10-7-5-4-6-8-10/h9-10H,4-8H2,1-3H3,(H,14,16). The van der Waals surface area contributed by atoms with E-state index in [4.69, 9.17) is 0 Å². The van der Waals surface area contributed by atoms with Gasteiger partial charge in [0.05, 0.1) is 0 Å². The number of hydrogen-bond acceptors (Lipinski definition) is 1. The number of aromatic amines is 1. The van der Waals surface area contributed by atoms with Crippen molar-refractivity contribution < 1.29 is 0 Å². The minimum absolute atomic E-state index is 0.0383. The van der Waals surface area contributed by atoms with E-state index in [0.29, 0.717) is 6.04 Å². The Balaban J connectivity index is 2.38. The van der Waals surface area contributed by atoms with Crippen LogP contribution in [-0.2, 0) is 5.41 Å². The Morgan fingerprint density at radius 3 is 2.44 bits per heavy atom. The molecule has 0 bridgehead atoms. The van der Waals surface area contributed by atoms with Crippen LogP contribution in [0.3, 0.4) is 0 Å². The average Bonchev–Trinajstić information content (AvgIpc) is 2.61. The van der Waals surface area contributed by atoms with Gasteiger partial charge >= 0.3 is 5.69 Å². The van der Waals surface area contributed by atoms with Crippen molar-refractivity contribution in [1.82, 2.24) is 9.55 Å². The molecule has 0 aliphatic heterocycles. The average molecular weight is 222 g/mol. The van der Waals surface area contributed by atoms with Crippen molar-refractivity contribution in [3.63, 3.8) is 0 Å². The summed E-state index contributed by atoms with van der Waals surface area (Å²) in [4.78, 5) is 14.7. The van der Waals surface area contributed by atoms with Crippen LogP contribution in [0.25, 0.3) is 0 Å². The second-order valence-corrected chi connectivity index (χ2v) is 5.89. The van der Waals surface area contributed by atoms with Gasteiger partial charge in [0.2, 0.25) is 0 Å². The van der Waals surface area contributed by atoms with E-state index in [9.17, 15) is 4.79 Å². The molecular formula is C13H22N2O. The van der Waals surface area contributed by atoms with Crippen LogP contribution in [0, 0.1) is 0 Å². The molecule has 0 unspecified atom stereocenters. The minimum Gasteiger partial charge on any atom is -0.312 e. The number of H-pyrrole nitrogens is 1. The molecule has 90 valence electrons. The summed E-state index contributed by atoms with van der Waals surface area (Å²) in [6.07, 6.45) is 8.02. The number of hydrogen-bond donors (Lipinski definition) is 1. The fourth-order valence-electron chi connectivity index (χ4n) is 2.66. The highest BCUT2D eigenvalue weighted by atomic mass is 16.1. The van der Waals surface area contributed by atoms with Crippen molar-refractivity contribution in [3.8, 4) is 0 Å². The molecule has 1 aromatic rings. The highest BCUT2D eigenvalue weighted by Gasteiger charge is 2.25. The molecule has 0 amide bonds. The summed E-state index contributed by atoms with van der Waals surface area (Å²) in [5.74, 6) is 0. The zero-order valence-electron chi connectivity index (χ0n) is 10.5. The van der Waals surface area contributed by atoms with Gasteiger partial charge in [0.15, 0.2) is 0 Å². The SMILES string of the molecule is CC(C)(C)c1c[nH]c(=O)n1C1CCCCC1. The van der Waals surface area contributed by atoms with Crippen LogP contribution in [0.2, 0.25) is 0 Å². The maximum atomic E-state index is 11.9. The summed E-state index contributed by atoms with van der Waals surface area (Å²) < 4.78 is 2.00. The fourth-order valence-corrected chi connectivity index (χ4v) is 2.66. The van der Waals surface area contributed by atoms with Crippen molar-refractivity contribution in [2.45, 2.75) is 64.3 Å². The molecule has 1 aromatic heterocycles. The van der Waals surface area contributed by atoms with Crippen LogP contribution < -0.4 is 5.69 Å². The Bertz CT molecular complexity index is 402. The summed E-state index contributed by atoms with van der Waals surface area (Å²) in [6, 6.07) is 0.418. The van der Waals surface area contributed by atoms with E-state index in [1.807, 2.05) is 10.8 Å². The largest absolute Gasteiger partial charge is 0.325 e. The van der Waals surface area contributed by atoms with Gasteiger partial charge in [0, 0.05) is 23.3 Å². The van der Waals surface area contributed by atoms with Crippen molar-refractivity contribution in [2.75, 3.05) is 0 Å². The molecule has 0 aromatic carbocycles. The van der Waals surface area contributed by atoms with E-state index in [0.717, 1.165) is 18.5 Å². The normalized spacial score (nSPS) is 18.9. The molecule has 3 heteroatoms. The Morgan fingerprint density at radius 1 is 1.25 bits per heavy atom. The maximum absolute atomic E-state index is 11.9. The minimum atomic E-state index is 0.0383. The summed E-state index contributed by atoms with van der Waals surface area (Å²) in [6.45, 7) is 6.48. The summed E-state index contributed by atoms with van der Waals surface area (Å²) >= 11 is 0. The molecule has 0 saturated heterocycles. The van der Waals surface area contributed by atoms with E-state index in [1.165, 1.54) is 19.3 Å². The van der Waals surface area contributed by atoms with E-state index in [-0.39, 0.29) is 11.1 Å². The van der Waals surface area contributed by atoms with Crippen molar-refractivity contribution in [2.24, 2.45) is 0 Å². The van der Waals surface area contributed by atoms with Crippen LogP contribution in [0.4, 0.5) is 0 Å². The predicted octanol–water partition coefficient (Wildman–Crippen LogP) is 2.98. The molecule has 0 spiro atoms. The summed E-state index contributed by atoms with van der Waals surface area (Å²) in [5, 5.41) is 0. The first kappa shape index (κ1) is 11.5. The van der Waals surface area contributed by atoms with Crippen molar-refractivity contribution in [3.05, 3.63) is 22.4 Å². The van der Waals surface area contributed by atoms with Gasteiger partial charge in [-0.05, 0) is 12.8 Å². The van der Waals surface area contributed by atoms with E-state index in [1.54, 1.807) is 0 Å². The number of rotatable bonds is 1. The van der Waals surface area contributed by atoms with Crippen molar-refractivity contribution >= 4 is 0 Å². The topological polar surface area (TPSA) is 37.8 Å². The predicted molar refractivity (Wildman–Crippen MR) is 65.9 cm³/mol. The van der Waals surface area contributed by atoms with Gasteiger partial charge in [-0.1, -0.05) is 40.0 Å². The third kappa shape index (κ3) is 2.08. The third-order valence-electron chi connectivity index (χ3n) is 3.52. The quantitative estimate of drug-likeness (QED) is 0.779. The Hall–Kier alpha value is -0.990. The molecule has 1 fully saturated rings. The van der Waals surface area contributed by atoms with Gasteiger partial charge in [-0.2, -0.15) is 0 Å². The first-order valence-corrected chi connectivity index (χ1v) is 6.30. The maximum Gasteiger partial charge on any atom is 0.325 e. The van der Waals surface area contributed by atoms with Crippen molar-refractivity contribution in [1.29, 1.82) is 0 Å². The van der Waals surface area contributed by atoms with Gasteiger partial charge in [-0.15, -0.1) is 0 Å². The first-order chi connectivity index (χ1) is 7.50. The van der Waals surface area contributed by atoms with E-state index < -0.39 is 0 Å². The van der Waals surface area contributed by atoms with Gasteiger partial charge in [-0.3, -0.25) is 4.57 Å². The molecule has 1 aliphatic rings. The molecule has 16 heavy (non-hydrogen) atoms. The molecule has 1 N–H and O–H groups in total. The zero-order chi connectivity index (χ0) is 11.8. The number of imidazole rings is 1. The first-order valence-electron chi connectivity index (χ1n) is 6.30. The van der Waals surface area contributed by atoms with Gasteiger partial charge in [-0.25, -0.2) is 4.79 Å². The molecule has 2 rings (SSSR count). The lowest BCUT2D eigenvalue weighted by molar-refractivity contribution is 0.328. The molecule has 1 aliphatic carbocycles. The monoisotopic (exact) mass is 222 g/mol. The molecular weight excluding hydrogens is 200 g/mol. The second kappa shape index (κ2) is 4.11. The Morgan fingerprint density at radius 2 is 1.88 bits per heavy atom. The van der Waals surface area contributed by atoms with Gasteiger partial charge in [0.25, 0.3) is 0 Å². The summed E-state index contributed by atoms with van der Waals surface area (Å²) in [5.41, 5.74) is 1.25. The summed E-state index contributed by atoms with van der Waals surface area (Å²) in [7, 11) is 0. The number of aromatic nitrogens is 2. The fraction of sp³-hybridized carbons (Fsp3) is 0.769. The zero-order valence-corrected chi connectivity index (χ0v) is 10.5. The molecule has 0 atom stereocenters. The highest BCUT2D eigenvalue weighted by Crippen LogP contribution is 2.31. The second-order valence-electron chi connectivity index (χ2n) is 5.89. The van der Waals surface area contributed by atoms with Crippen LogP contribution >= 0.6 is 0 Å². The van der Waals surface area contributed by atoms with Gasteiger partial charge < -0.3 is 4.98 Å². The van der Waals surface area contributed by atoms with Crippen LogP contribution in [-0.4, -0.2) is 9.55 Å². The van der Waals surface area contributed by atoms with Crippen LogP contribution in [0.15, 0.2) is 11.0 Å².